The Bertz CT molecular complexity index is 340. The van der Waals surface area contributed by atoms with E-state index in [0.29, 0.717) is 25.2 Å². The van der Waals surface area contributed by atoms with Gasteiger partial charge in [-0.1, -0.05) is 50.6 Å². The van der Waals surface area contributed by atoms with Crippen LogP contribution in [0.1, 0.15) is 44.6 Å². The molecule has 1 N–H and O–H groups in total. The summed E-state index contributed by atoms with van der Waals surface area (Å²) in [5, 5.41) is 3.57. The van der Waals surface area contributed by atoms with Crippen molar-refractivity contribution in [3.63, 3.8) is 0 Å². The highest BCUT2D eigenvalue weighted by Gasteiger charge is 2.11. The molecule has 1 rings (SSSR count). The van der Waals surface area contributed by atoms with Gasteiger partial charge >= 0.3 is 0 Å². The second-order valence-corrected chi connectivity index (χ2v) is 5.77. The maximum atomic E-state index is 5.52. The zero-order chi connectivity index (χ0) is 15.3. The molecule has 0 saturated heterocycles. The maximum absolute atomic E-state index is 5.52. The third-order valence-electron chi connectivity index (χ3n) is 3.57. The SMILES string of the molecule is COCCOCCCCC(CNC(C)C)c1ccccc1. The number of benzene rings is 1. The Morgan fingerprint density at radius 3 is 2.43 bits per heavy atom. The van der Waals surface area contributed by atoms with E-state index in [1.54, 1.807) is 7.11 Å². The van der Waals surface area contributed by atoms with Crippen LogP contribution in [-0.2, 0) is 9.47 Å². The lowest BCUT2D eigenvalue weighted by atomic mass is 9.93. The van der Waals surface area contributed by atoms with Crippen LogP contribution in [0.4, 0.5) is 0 Å². The molecule has 0 saturated carbocycles. The van der Waals surface area contributed by atoms with Crippen LogP contribution < -0.4 is 5.32 Å². The first-order chi connectivity index (χ1) is 10.2. The third kappa shape index (κ3) is 8.86. The number of hydrogen-bond donors (Lipinski definition) is 1. The van der Waals surface area contributed by atoms with Crippen LogP contribution in [0.5, 0.6) is 0 Å². The van der Waals surface area contributed by atoms with Crippen molar-refractivity contribution in [2.24, 2.45) is 0 Å². The lowest BCUT2D eigenvalue weighted by Crippen LogP contribution is -2.28. The maximum Gasteiger partial charge on any atom is 0.0700 e. The van der Waals surface area contributed by atoms with Gasteiger partial charge in [-0.25, -0.2) is 0 Å². The summed E-state index contributed by atoms with van der Waals surface area (Å²) in [7, 11) is 1.70. The van der Waals surface area contributed by atoms with Crippen LogP contribution in [0.2, 0.25) is 0 Å². The topological polar surface area (TPSA) is 30.5 Å². The van der Waals surface area contributed by atoms with Crippen LogP contribution in [-0.4, -0.2) is 39.5 Å². The van der Waals surface area contributed by atoms with Gasteiger partial charge in [-0.2, -0.15) is 0 Å². The molecule has 0 fully saturated rings. The summed E-state index contributed by atoms with van der Waals surface area (Å²) >= 11 is 0. The van der Waals surface area contributed by atoms with E-state index in [1.807, 2.05) is 0 Å². The van der Waals surface area contributed by atoms with Crippen LogP contribution in [0, 0.1) is 0 Å². The summed E-state index contributed by atoms with van der Waals surface area (Å²) in [5.74, 6) is 0.590. The standard InChI is InChI=1S/C18H31NO2/c1-16(2)19-15-18(17-9-5-4-6-10-17)11-7-8-12-21-14-13-20-3/h4-6,9-10,16,18-19H,7-8,11-15H2,1-3H3. The van der Waals surface area contributed by atoms with Crippen molar-refractivity contribution in [1.82, 2.24) is 5.32 Å². The lowest BCUT2D eigenvalue weighted by Gasteiger charge is -2.20. The van der Waals surface area contributed by atoms with E-state index < -0.39 is 0 Å². The molecule has 3 heteroatoms. The van der Waals surface area contributed by atoms with E-state index in [0.717, 1.165) is 19.6 Å². The normalized spacial score (nSPS) is 12.8. The number of rotatable bonds is 12. The summed E-state index contributed by atoms with van der Waals surface area (Å²) in [5.41, 5.74) is 1.44. The summed E-state index contributed by atoms with van der Waals surface area (Å²) in [6.45, 7) is 7.67. The van der Waals surface area contributed by atoms with Crippen LogP contribution in [0.25, 0.3) is 0 Å². The minimum Gasteiger partial charge on any atom is -0.382 e. The molecule has 1 unspecified atom stereocenters. The monoisotopic (exact) mass is 293 g/mol. The van der Waals surface area contributed by atoms with E-state index in [1.165, 1.54) is 18.4 Å². The summed E-state index contributed by atoms with van der Waals surface area (Å²) < 4.78 is 10.5. The molecule has 0 amide bonds. The molecule has 0 spiro atoms. The molecule has 0 radical (unpaired) electrons. The van der Waals surface area contributed by atoms with Crippen molar-refractivity contribution >= 4 is 0 Å². The number of hydrogen-bond acceptors (Lipinski definition) is 3. The molecule has 120 valence electrons. The second-order valence-electron chi connectivity index (χ2n) is 5.77. The average molecular weight is 293 g/mol. The number of nitrogens with one attached hydrogen (secondary N) is 1. The summed E-state index contributed by atoms with van der Waals surface area (Å²) in [4.78, 5) is 0. The highest BCUT2D eigenvalue weighted by molar-refractivity contribution is 5.19. The predicted molar refractivity (Wildman–Crippen MR) is 88.9 cm³/mol. The summed E-state index contributed by atoms with van der Waals surface area (Å²) in [6.07, 6.45) is 3.53. The Labute approximate surface area is 130 Å². The molecule has 1 atom stereocenters. The van der Waals surface area contributed by atoms with Gasteiger partial charge in [0.15, 0.2) is 0 Å². The molecule has 0 aromatic heterocycles. The Balaban J connectivity index is 2.29. The fourth-order valence-corrected chi connectivity index (χ4v) is 2.33. The molecule has 1 aromatic rings. The van der Waals surface area contributed by atoms with Gasteiger partial charge in [0, 0.05) is 26.3 Å². The Morgan fingerprint density at radius 1 is 1.00 bits per heavy atom. The van der Waals surface area contributed by atoms with Crippen LogP contribution in [0.15, 0.2) is 30.3 Å². The smallest absolute Gasteiger partial charge is 0.0700 e. The molecule has 0 heterocycles. The Hall–Kier alpha value is -0.900. The van der Waals surface area contributed by atoms with Crippen molar-refractivity contribution in [3.05, 3.63) is 35.9 Å². The van der Waals surface area contributed by atoms with Crippen LogP contribution >= 0.6 is 0 Å². The molecule has 3 nitrogen and oxygen atoms in total. The van der Waals surface area contributed by atoms with Gasteiger partial charge in [0.25, 0.3) is 0 Å². The highest BCUT2D eigenvalue weighted by atomic mass is 16.5. The number of methoxy groups -OCH3 is 1. The van der Waals surface area contributed by atoms with Gasteiger partial charge in [-0.05, 0) is 24.3 Å². The highest BCUT2D eigenvalue weighted by Crippen LogP contribution is 2.21. The molecule has 0 aliphatic rings. The minimum absolute atomic E-state index is 0.536. The van der Waals surface area contributed by atoms with Gasteiger partial charge in [-0.3, -0.25) is 0 Å². The van der Waals surface area contributed by atoms with Crippen molar-refractivity contribution in [2.75, 3.05) is 33.5 Å². The van der Waals surface area contributed by atoms with Crippen molar-refractivity contribution in [3.8, 4) is 0 Å². The second kappa shape index (κ2) is 11.7. The number of unbranched alkanes of at least 4 members (excludes halogenated alkanes) is 1. The van der Waals surface area contributed by atoms with Crippen molar-refractivity contribution < 1.29 is 9.47 Å². The van der Waals surface area contributed by atoms with E-state index >= 15 is 0 Å². The van der Waals surface area contributed by atoms with E-state index in [2.05, 4.69) is 49.5 Å². The zero-order valence-electron chi connectivity index (χ0n) is 13.8. The van der Waals surface area contributed by atoms with E-state index in [-0.39, 0.29) is 0 Å². The van der Waals surface area contributed by atoms with Crippen molar-refractivity contribution in [1.29, 1.82) is 0 Å². The zero-order valence-corrected chi connectivity index (χ0v) is 13.8. The molecular formula is C18H31NO2. The minimum atomic E-state index is 0.536. The third-order valence-corrected chi connectivity index (χ3v) is 3.57. The fourth-order valence-electron chi connectivity index (χ4n) is 2.33. The largest absolute Gasteiger partial charge is 0.382 e. The first kappa shape index (κ1) is 18.1. The quantitative estimate of drug-likeness (QED) is 0.597. The van der Waals surface area contributed by atoms with E-state index in [9.17, 15) is 0 Å². The Morgan fingerprint density at radius 2 is 1.76 bits per heavy atom. The molecule has 1 aromatic carbocycles. The predicted octanol–water partition coefficient (Wildman–Crippen LogP) is 3.60. The first-order valence-electron chi connectivity index (χ1n) is 8.09. The van der Waals surface area contributed by atoms with Gasteiger partial charge in [0.1, 0.15) is 0 Å². The fraction of sp³-hybridized carbons (Fsp3) is 0.667. The van der Waals surface area contributed by atoms with Gasteiger partial charge in [0.2, 0.25) is 0 Å². The molecule has 21 heavy (non-hydrogen) atoms. The van der Waals surface area contributed by atoms with Crippen molar-refractivity contribution in [2.45, 2.75) is 45.1 Å². The van der Waals surface area contributed by atoms with E-state index in [4.69, 9.17) is 9.47 Å². The van der Waals surface area contributed by atoms with Gasteiger partial charge < -0.3 is 14.8 Å². The van der Waals surface area contributed by atoms with Gasteiger partial charge in [-0.15, -0.1) is 0 Å². The average Bonchev–Trinajstić information content (AvgIpc) is 2.50. The van der Waals surface area contributed by atoms with Crippen LogP contribution in [0.3, 0.4) is 0 Å². The number of ether oxygens (including phenoxy) is 2. The molecule has 0 aliphatic carbocycles. The molecular weight excluding hydrogens is 262 g/mol. The van der Waals surface area contributed by atoms with Gasteiger partial charge in [0.05, 0.1) is 13.2 Å². The molecule has 0 bridgehead atoms. The first-order valence-corrected chi connectivity index (χ1v) is 8.09. The molecule has 0 aliphatic heterocycles. The summed E-state index contributed by atoms with van der Waals surface area (Å²) in [6, 6.07) is 11.4. The lowest BCUT2D eigenvalue weighted by molar-refractivity contribution is 0.0684. The Kier molecular flexibility index (Phi) is 10.1.